The summed E-state index contributed by atoms with van der Waals surface area (Å²) >= 11 is 3.51. The summed E-state index contributed by atoms with van der Waals surface area (Å²) < 4.78 is 23.1. The van der Waals surface area contributed by atoms with Gasteiger partial charge in [0.25, 0.3) is 0 Å². The Balaban J connectivity index is 1.66. The molecule has 0 aliphatic carbocycles. The molecule has 1 aliphatic rings. The minimum atomic E-state index is -0.838. The smallest absolute Gasteiger partial charge is 0.175 e. The molecule has 2 unspecified atom stereocenters. The number of aliphatic hydroxyl groups is 2. The van der Waals surface area contributed by atoms with Gasteiger partial charge in [0.05, 0.1) is 17.7 Å². The average Bonchev–Trinajstić information content (AvgIpc) is 2.71. The highest BCUT2D eigenvalue weighted by Crippen LogP contribution is 2.38. The van der Waals surface area contributed by atoms with Crippen LogP contribution in [0.25, 0.3) is 0 Å². The molecule has 1 heterocycles. The van der Waals surface area contributed by atoms with Gasteiger partial charge in [-0.3, -0.25) is 0 Å². The Kier molecular flexibility index (Phi) is 7.60. The standard InChI is InChI=1S/C21H26BrNO6/c1-13(24)10-23-11-14-7-16(22)21(20(8-14)26-2)29-12-17(25)15-3-4-18-19(9-15)28-6-5-27-18/h3-4,7-9,13,17,23-25H,5-6,10-12H2,1-2H3. The van der Waals surface area contributed by atoms with Gasteiger partial charge in [-0.2, -0.15) is 0 Å². The first-order valence-electron chi connectivity index (χ1n) is 9.43. The Morgan fingerprint density at radius 3 is 2.62 bits per heavy atom. The van der Waals surface area contributed by atoms with Crippen molar-refractivity contribution in [2.24, 2.45) is 0 Å². The van der Waals surface area contributed by atoms with Crippen molar-refractivity contribution in [1.29, 1.82) is 0 Å². The van der Waals surface area contributed by atoms with Crippen LogP contribution in [0.5, 0.6) is 23.0 Å². The van der Waals surface area contributed by atoms with Gasteiger partial charge in [0.1, 0.15) is 25.9 Å². The van der Waals surface area contributed by atoms with Crippen molar-refractivity contribution in [1.82, 2.24) is 5.32 Å². The number of rotatable bonds is 9. The Labute approximate surface area is 178 Å². The van der Waals surface area contributed by atoms with Crippen molar-refractivity contribution >= 4 is 15.9 Å². The highest BCUT2D eigenvalue weighted by Gasteiger charge is 2.18. The summed E-state index contributed by atoms with van der Waals surface area (Å²) in [5.74, 6) is 2.38. The van der Waals surface area contributed by atoms with E-state index in [1.165, 1.54) is 0 Å². The molecule has 0 spiro atoms. The van der Waals surface area contributed by atoms with E-state index < -0.39 is 12.2 Å². The lowest BCUT2D eigenvalue weighted by atomic mass is 10.1. The van der Waals surface area contributed by atoms with E-state index in [9.17, 15) is 10.2 Å². The molecule has 0 amide bonds. The largest absolute Gasteiger partial charge is 0.493 e. The summed E-state index contributed by atoms with van der Waals surface area (Å²) in [5.41, 5.74) is 1.66. The second-order valence-corrected chi connectivity index (χ2v) is 7.67. The summed E-state index contributed by atoms with van der Waals surface area (Å²) in [4.78, 5) is 0. The fourth-order valence-corrected chi connectivity index (χ4v) is 3.57. The number of halogens is 1. The zero-order chi connectivity index (χ0) is 20.8. The van der Waals surface area contributed by atoms with Crippen LogP contribution in [0.4, 0.5) is 0 Å². The number of hydrogen-bond acceptors (Lipinski definition) is 7. The maximum atomic E-state index is 10.5. The van der Waals surface area contributed by atoms with E-state index in [0.29, 0.717) is 54.9 Å². The van der Waals surface area contributed by atoms with E-state index >= 15 is 0 Å². The number of nitrogens with one attached hydrogen (secondary N) is 1. The fourth-order valence-electron chi connectivity index (χ4n) is 2.97. The molecule has 3 rings (SSSR count). The highest BCUT2D eigenvalue weighted by atomic mass is 79.9. The molecular weight excluding hydrogens is 442 g/mol. The average molecular weight is 468 g/mol. The van der Waals surface area contributed by atoms with E-state index in [2.05, 4.69) is 21.2 Å². The highest BCUT2D eigenvalue weighted by molar-refractivity contribution is 9.10. The molecule has 158 valence electrons. The van der Waals surface area contributed by atoms with Crippen LogP contribution in [-0.4, -0.2) is 49.8 Å². The van der Waals surface area contributed by atoms with Crippen LogP contribution in [-0.2, 0) is 6.54 Å². The molecule has 0 aromatic heterocycles. The Bertz CT molecular complexity index is 829. The number of fused-ring (bicyclic) bond motifs is 1. The van der Waals surface area contributed by atoms with E-state index in [1.54, 1.807) is 32.2 Å². The lowest BCUT2D eigenvalue weighted by Gasteiger charge is -2.21. The monoisotopic (exact) mass is 467 g/mol. The minimum absolute atomic E-state index is 0.0498. The van der Waals surface area contributed by atoms with Crippen LogP contribution in [0.2, 0.25) is 0 Å². The van der Waals surface area contributed by atoms with Gasteiger partial charge in [-0.05, 0) is 58.2 Å². The number of methoxy groups -OCH3 is 1. The molecule has 0 fully saturated rings. The third-order valence-electron chi connectivity index (χ3n) is 4.39. The molecule has 0 saturated carbocycles. The number of ether oxygens (including phenoxy) is 4. The molecule has 1 aliphatic heterocycles. The second-order valence-electron chi connectivity index (χ2n) is 6.82. The summed E-state index contributed by atoms with van der Waals surface area (Å²) in [6.45, 7) is 3.88. The van der Waals surface area contributed by atoms with Crippen LogP contribution in [0.15, 0.2) is 34.8 Å². The van der Waals surface area contributed by atoms with Gasteiger partial charge >= 0.3 is 0 Å². The van der Waals surface area contributed by atoms with Crippen LogP contribution in [0, 0.1) is 0 Å². The first-order chi connectivity index (χ1) is 14.0. The van der Waals surface area contributed by atoms with E-state index in [0.717, 1.165) is 10.0 Å². The molecule has 2 aromatic carbocycles. The Hall–Kier alpha value is -2.00. The quantitative estimate of drug-likeness (QED) is 0.522. The normalized spacial score (nSPS) is 14.9. The van der Waals surface area contributed by atoms with E-state index in [-0.39, 0.29) is 6.61 Å². The van der Waals surface area contributed by atoms with Crippen LogP contribution in [0.3, 0.4) is 0 Å². The molecule has 8 heteroatoms. The van der Waals surface area contributed by atoms with Crippen LogP contribution >= 0.6 is 15.9 Å². The molecule has 0 bridgehead atoms. The number of aliphatic hydroxyl groups excluding tert-OH is 2. The Morgan fingerprint density at radius 1 is 1.14 bits per heavy atom. The maximum Gasteiger partial charge on any atom is 0.175 e. The van der Waals surface area contributed by atoms with Gasteiger partial charge in [-0.25, -0.2) is 0 Å². The van der Waals surface area contributed by atoms with Gasteiger partial charge in [-0.1, -0.05) is 6.07 Å². The maximum absolute atomic E-state index is 10.5. The molecule has 29 heavy (non-hydrogen) atoms. The first kappa shape index (κ1) is 21.7. The van der Waals surface area contributed by atoms with Crippen LogP contribution < -0.4 is 24.3 Å². The summed E-state index contributed by atoms with van der Waals surface area (Å²) in [6, 6.07) is 9.14. The van der Waals surface area contributed by atoms with Crippen molar-refractivity contribution in [3.8, 4) is 23.0 Å². The first-order valence-corrected chi connectivity index (χ1v) is 10.2. The molecule has 3 N–H and O–H groups in total. The topological polar surface area (TPSA) is 89.4 Å². The van der Waals surface area contributed by atoms with Gasteiger partial charge in [0.2, 0.25) is 0 Å². The molecule has 7 nitrogen and oxygen atoms in total. The van der Waals surface area contributed by atoms with Crippen molar-refractivity contribution in [2.45, 2.75) is 25.7 Å². The van der Waals surface area contributed by atoms with Crippen molar-refractivity contribution in [3.63, 3.8) is 0 Å². The third kappa shape index (κ3) is 5.76. The predicted octanol–water partition coefficient (Wildman–Crippen LogP) is 2.81. The van der Waals surface area contributed by atoms with Crippen molar-refractivity contribution in [2.75, 3.05) is 33.5 Å². The molecule has 2 atom stereocenters. The zero-order valence-corrected chi connectivity index (χ0v) is 18.1. The fraction of sp³-hybridized carbons (Fsp3) is 0.429. The summed E-state index contributed by atoms with van der Waals surface area (Å²) in [6.07, 6.45) is -1.25. The van der Waals surface area contributed by atoms with Gasteiger partial charge in [0.15, 0.2) is 23.0 Å². The molecular formula is C21H26BrNO6. The van der Waals surface area contributed by atoms with Gasteiger partial charge in [-0.15, -0.1) is 0 Å². The number of hydrogen-bond donors (Lipinski definition) is 3. The lowest BCUT2D eigenvalue weighted by molar-refractivity contribution is 0.105. The lowest BCUT2D eigenvalue weighted by Crippen LogP contribution is -2.23. The van der Waals surface area contributed by atoms with E-state index in [1.807, 2.05) is 12.1 Å². The predicted molar refractivity (Wildman–Crippen MR) is 112 cm³/mol. The SMILES string of the molecule is COc1cc(CNCC(C)O)cc(Br)c1OCC(O)c1ccc2c(c1)OCCO2. The summed E-state index contributed by atoms with van der Waals surface area (Å²) in [7, 11) is 1.57. The van der Waals surface area contributed by atoms with Gasteiger partial charge in [0, 0.05) is 13.1 Å². The van der Waals surface area contributed by atoms with Gasteiger partial charge < -0.3 is 34.5 Å². The second kappa shape index (κ2) is 10.2. The Morgan fingerprint density at radius 2 is 1.90 bits per heavy atom. The molecule has 0 radical (unpaired) electrons. The van der Waals surface area contributed by atoms with Crippen LogP contribution in [0.1, 0.15) is 24.2 Å². The third-order valence-corrected chi connectivity index (χ3v) is 4.98. The minimum Gasteiger partial charge on any atom is -0.493 e. The van der Waals surface area contributed by atoms with E-state index in [4.69, 9.17) is 18.9 Å². The zero-order valence-electron chi connectivity index (χ0n) is 16.5. The number of benzene rings is 2. The molecule has 2 aromatic rings. The molecule has 0 saturated heterocycles. The van der Waals surface area contributed by atoms with Crippen molar-refractivity contribution in [3.05, 3.63) is 45.9 Å². The summed E-state index contributed by atoms with van der Waals surface area (Å²) in [5, 5.41) is 23.1. The van der Waals surface area contributed by atoms with Crippen molar-refractivity contribution < 1.29 is 29.2 Å².